The van der Waals surface area contributed by atoms with Crippen molar-refractivity contribution in [3.63, 3.8) is 0 Å². The van der Waals surface area contributed by atoms with Crippen LogP contribution in [0.4, 0.5) is 0 Å². The van der Waals surface area contributed by atoms with Crippen molar-refractivity contribution < 1.29 is 9.21 Å². The maximum absolute atomic E-state index is 12.2. The number of piperidine rings is 1. The lowest BCUT2D eigenvalue weighted by Crippen LogP contribution is -2.40. The van der Waals surface area contributed by atoms with E-state index < -0.39 is 0 Å². The highest BCUT2D eigenvalue weighted by Gasteiger charge is 2.26. The van der Waals surface area contributed by atoms with Gasteiger partial charge in [-0.05, 0) is 18.8 Å². The number of hydrogen-bond acceptors (Lipinski definition) is 5. The molecule has 2 aromatic heterocycles. The Bertz CT molecular complexity index is 524. The van der Waals surface area contributed by atoms with Gasteiger partial charge in [-0.25, -0.2) is 9.97 Å². The minimum absolute atomic E-state index is 0.0543. The van der Waals surface area contributed by atoms with E-state index in [2.05, 4.69) is 9.97 Å². The highest BCUT2D eigenvalue weighted by molar-refractivity contribution is 7.09. The quantitative estimate of drug-likeness (QED) is 0.863. The number of amides is 1. The first kappa shape index (κ1) is 12.3. The first-order valence-corrected chi connectivity index (χ1v) is 7.27. The van der Waals surface area contributed by atoms with Gasteiger partial charge >= 0.3 is 0 Å². The number of oxazole rings is 1. The van der Waals surface area contributed by atoms with Crippen LogP contribution in [-0.2, 0) is 6.42 Å². The zero-order valence-electron chi connectivity index (χ0n) is 10.5. The van der Waals surface area contributed by atoms with Crippen LogP contribution in [-0.4, -0.2) is 33.9 Å². The van der Waals surface area contributed by atoms with Crippen LogP contribution in [0.5, 0.6) is 0 Å². The van der Waals surface area contributed by atoms with Gasteiger partial charge < -0.3 is 9.32 Å². The number of aromatic nitrogens is 2. The number of rotatable bonds is 3. The van der Waals surface area contributed by atoms with E-state index in [0.717, 1.165) is 37.4 Å². The molecule has 3 heterocycles. The summed E-state index contributed by atoms with van der Waals surface area (Å²) in [5.41, 5.74) is 0. The van der Waals surface area contributed by atoms with Crippen LogP contribution in [0.2, 0.25) is 0 Å². The lowest BCUT2D eigenvalue weighted by atomic mass is 9.95. The van der Waals surface area contributed by atoms with E-state index in [0.29, 0.717) is 11.7 Å². The largest absolute Gasteiger partial charge is 0.438 e. The molecule has 1 aliphatic heterocycles. The summed E-state index contributed by atoms with van der Waals surface area (Å²) in [7, 11) is 0. The molecule has 0 aliphatic carbocycles. The van der Waals surface area contributed by atoms with Crippen molar-refractivity contribution in [1.29, 1.82) is 0 Å². The maximum Gasteiger partial charge on any atom is 0.291 e. The fourth-order valence-corrected chi connectivity index (χ4v) is 3.23. The molecule has 1 unspecified atom stereocenters. The van der Waals surface area contributed by atoms with Gasteiger partial charge in [0.1, 0.15) is 0 Å². The summed E-state index contributed by atoms with van der Waals surface area (Å²) in [6, 6.07) is 0. The van der Waals surface area contributed by atoms with E-state index in [-0.39, 0.29) is 5.91 Å². The van der Waals surface area contributed by atoms with Crippen molar-refractivity contribution in [2.75, 3.05) is 13.1 Å². The summed E-state index contributed by atoms with van der Waals surface area (Å²) in [4.78, 5) is 22.2. The van der Waals surface area contributed by atoms with E-state index in [1.54, 1.807) is 11.3 Å². The first-order chi connectivity index (χ1) is 9.33. The van der Waals surface area contributed by atoms with Crippen molar-refractivity contribution >= 4 is 17.2 Å². The molecule has 0 N–H and O–H groups in total. The lowest BCUT2D eigenvalue weighted by Gasteiger charge is -2.31. The monoisotopic (exact) mass is 277 g/mol. The number of carbonyl (C=O) groups excluding carboxylic acids is 1. The van der Waals surface area contributed by atoms with Crippen LogP contribution in [0.15, 0.2) is 28.6 Å². The number of hydrogen-bond donors (Lipinski definition) is 0. The molecule has 1 amide bonds. The summed E-state index contributed by atoms with van der Waals surface area (Å²) < 4.78 is 5.08. The molecule has 19 heavy (non-hydrogen) atoms. The van der Waals surface area contributed by atoms with Gasteiger partial charge in [0, 0.05) is 31.1 Å². The topological polar surface area (TPSA) is 59.2 Å². The molecule has 0 aromatic carbocycles. The highest BCUT2D eigenvalue weighted by atomic mass is 32.1. The zero-order valence-corrected chi connectivity index (χ0v) is 11.3. The molecular formula is C13H15N3O2S. The predicted molar refractivity (Wildman–Crippen MR) is 70.9 cm³/mol. The lowest BCUT2D eigenvalue weighted by molar-refractivity contribution is 0.0641. The van der Waals surface area contributed by atoms with Crippen molar-refractivity contribution in [3.05, 3.63) is 34.9 Å². The number of thiazole rings is 1. The highest BCUT2D eigenvalue weighted by Crippen LogP contribution is 2.22. The Balaban J connectivity index is 1.63. The van der Waals surface area contributed by atoms with Crippen molar-refractivity contribution in [3.8, 4) is 0 Å². The second kappa shape index (κ2) is 5.52. The molecule has 1 saturated heterocycles. The first-order valence-electron chi connectivity index (χ1n) is 6.39. The molecule has 3 rings (SSSR count). The second-order valence-corrected chi connectivity index (χ2v) is 5.73. The Hall–Kier alpha value is -1.69. The Morgan fingerprint density at radius 3 is 3.26 bits per heavy atom. The van der Waals surface area contributed by atoms with Crippen LogP contribution in [0.1, 0.15) is 28.4 Å². The van der Waals surface area contributed by atoms with E-state index in [9.17, 15) is 4.79 Å². The predicted octanol–water partition coefficient (Wildman–Crippen LogP) is 2.23. The van der Waals surface area contributed by atoms with Crippen molar-refractivity contribution in [2.45, 2.75) is 19.3 Å². The third-order valence-electron chi connectivity index (χ3n) is 3.40. The summed E-state index contributed by atoms with van der Waals surface area (Å²) in [5.74, 6) is 0.767. The Morgan fingerprint density at radius 2 is 2.53 bits per heavy atom. The molecule has 0 radical (unpaired) electrons. The maximum atomic E-state index is 12.2. The van der Waals surface area contributed by atoms with Gasteiger partial charge in [-0.2, -0.15) is 0 Å². The molecule has 5 nitrogen and oxygen atoms in total. The van der Waals surface area contributed by atoms with E-state index in [4.69, 9.17) is 4.42 Å². The van der Waals surface area contributed by atoms with Crippen LogP contribution in [0, 0.1) is 5.92 Å². The van der Waals surface area contributed by atoms with E-state index >= 15 is 0 Å². The van der Waals surface area contributed by atoms with Gasteiger partial charge in [0.2, 0.25) is 5.76 Å². The third-order valence-corrected chi connectivity index (χ3v) is 4.20. The Kier molecular flexibility index (Phi) is 3.59. The van der Waals surface area contributed by atoms with E-state index in [1.165, 1.54) is 12.6 Å². The Morgan fingerprint density at radius 1 is 1.58 bits per heavy atom. The van der Waals surface area contributed by atoms with Gasteiger partial charge in [0.15, 0.2) is 6.39 Å². The van der Waals surface area contributed by atoms with Crippen LogP contribution < -0.4 is 0 Å². The van der Waals surface area contributed by atoms with Gasteiger partial charge in [0.25, 0.3) is 5.91 Å². The van der Waals surface area contributed by atoms with Gasteiger partial charge in [-0.1, -0.05) is 0 Å². The minimum Gasteiger partial charge on any atom is -0.438 e. The van der Waals surface area contributed by atoms with Crippen molar-refractivity contribution in [1.82, 2.24) is 14.9 Å². The molecule has 1 fully saturated rings. The molecule has 1 atom stereocenters. The SMILES string of the molecule is O=C(c1cnco1)N1CCCC(Cc2nccs2)C1. The smallest absolute Gasteiger partial charge is 0.291 e. The molecule has 0 spiro atoms. The summed E-state index contributed by atoms with van der Waals surface area (Å²) >= 11 is 1.68. The summed E-state index contributed by atoms with van der Waals surface area (Å²) in [6.45, 7) is 1.58. The molecule has 2 aromatic rings. The molecule has 0 bridgehead atoms. The molecule has 6 heteroatoms. The summed E-state index contributed by atoms with van der Waals surface area (Å²) in [6.07, 6.45) is 7.75. The average molecular weight is 277 g/mol. The fourth-order valence-electron chi connectivity index (χ4n) is 2.49. The summed E-state index contributed by atoms with van der Waals surface area (Å²) in [5, 5.41) is 3.15. The average Bonchev–Trinajstić information content (AvgIpc) is 3.11. The van der Waals surface area contributed by atoms with Crippen LogP contribution in [0.25, 0.3) is 0 Å². The zero-order chi connectivity index (χ0) is 13.1. The molecule has 0 saturated carbocycles. The van der Waals surface area contributed by atoms with Gasteiger partial charge in [-0.3, -0.25) is 4.79 Å². The van der Waals surface area contributed by atoms with Crippen LogP contribution in [0.3, 0.4) is 0 Å². The number of likely N-dealkylation sites (tertiary alicyclic amines) is 1. The van der Waals surface area contributed by atoms with Crippen LogP contribution >= 0.6 is 11.3 Å². The van der Waals surface area contributed by atoms with Crippen molar-refractivity contribution in [2.24, 2.45) is 5.92 Å². The number of nitrogens with zero attached hydrogens (tertiary/aromatic N) is 3. The molecule has 1 aliphatic rings. The molecule has 100 valence electrons. The fraction of sp³-hybridized carbons (Fsp3) is 0.462. The Labute approximate surface area is 115 Å². The normalized spacial score (nSPS) is 19.6. The standard InChI is InChI=1S/C13H15N3O2S/c17-13(11-7-14-9-18-11)16-4-1-2-10(8-16)6-12-15-3-5-19-12/h3,5,7,9-10H,1-2,4,6,8H2. The third kappa shape index (κ3) is 2.84. The molecular weight excluding hydrogens is 262 g/mol. The van der Waals surface area contributed by atoms with Gasteiger partial charge in [-0.15, -0.1) is 11.3 Å². The number of carbonyl (C=O) groups is 1. The minimum atomic E-state index is -0.0543. The van der Waals surface area contributed by atoms with Gasteiger partial charge in [0.05, 0.1) is 11.2 Å². The van der Waals surface area contributed by atoms with E-state index in [1.807, 2.05) is 16.5 Å². The second-order valence-electron chi connectivity index (χ2n) is 4.76.